The van der Waals surface area contributed by atoms with E-state index < -0.39 is 0 Å². The predicted octanol–water partition coefficient (Wildman–Crippen LogP) is 6.07. The molecular weight excluding hydrogens is 471 g/mol. The Morgan fingerprint density at radius 2 is 1.76 bits per heavy atom. The highest BCUT2D eigenvalue weighted by molar-refractivity contribution is 6.42. The lowest BCUT2D eigenvalue weighted by molar-refractivity contribution is 0.0945. The molecule has 6 nitrogen and oxygen atoms in total. The van der Waals surface area contributed by atoms with E-state index in [1.807, 2.05) is 42.5 Å². The van der Waals surface area contributed by atoms with Gasteiger partial charge < -0.3 is 9.73 Å². The molecule has 0 saturated heterocycles. The molecule has 0 aliphatic carbocycles. The van der Waals surface area contributed by atoms with E-state index in [0.717, 1.165) is 16.7 Å². The predicted molar refractivity (Wildman–Crippen MR) is 132 cm³/mol. The molecule has 0 saturated carbocycles. The molecule has 174 valence electrons. The number of nitrogens with one attached hydrogen (secondary N) is 1. The number of carbonyl (C=O) groups is 1. The number of pyridine rings is 1. The van der Waals surface area contributed by atoms with Crippen LogP contribution in [0.4, 0.5) is 0 Å². The molecule has 0 aliphatic heterocycles. The van der Waals surface area contributed by atoms with Crippen LogP contribution in [0, 0.1) is 0 Å². The summed E-state index contributed by atoms with van der Waals surface area (Å²) in [7, 11) is 0. The number of amides is 1. The van der Waals surface area contributed by atoms with E-state index in [0.29, 0.717) is 35.6 Å². The summed E-state index contributed by atoms with van der Waals surface area (Å²) in [5.74, 6) is 0.163. The molecule has 0 bridgehead atoms. The number of hydrogen-bond acceptors (Lipinski definition) is 5. The molecule has 1 unspecified atom stereocenters. The number of oxazole rings is 1. The molecule has 0 spiro atoms. The quantitative estimate of drug-likeness (QED) is 0.305. The van der Waals surface area contributed by atoms with Crippen LogP contribution in [0.15, 0.2) is 83.7 Å². The van der Waals surface area contributed by atoms with Crippen molar-refractivity contribution in [2.45, 2.75) is 32.6 Å². The zero-order chi connectivity index (χ0) is 23.9. The van der Waals surface area contributed by atoms with E-state index >= 15 is 0 Å². The van der Waals surface area contributed by atoms with Crippen molar-refractivity contribution >= 4 is 29.1 Å². The summed E-state index contributed by atoms with van der Waals surface area (Å²) in [5.41, 5.74) is 3.37. The highest BCUT2D eigenvalue weighted by Gasteiger charge is 2.21. The molecule has 34 heavy (non-hydrogen) atoms. The van der Waals surface area contributed by atoms with Crippen LogP contribution in [0.1, 0.15) is 46.0 Å². The molecule has 1 amide bonds. The van der Waals surface area contributed by atoms with Crippen molar-refractivity contribution in [3.05, 3.63) is 118 Å². The Balaban J connectivity index is 1.49. The summed E-state index contributed by atoms with van der Waals surface area (Å²) in [4.78, 5) is 23.2. The lowest BCUT2D eigenvalue weighted by Crippen LogP contribution is -2.27. The van der Waals surface area contributed by atoms with Crippen molar-refractivity contribution in [2.75, 3.05) is 0 Å². The van der Waals surface area contributed by atoms with E-state index in [2.05, 4.69) is 39.2 Å². The van der Waals surface area contributed by atoms with Crippen LogP contribution in [0.5, 0.6) is 0 Å². The van der Waals surface area contributed by atoms with Gasteiger partial charge in [0, 0.05) is 31.5 Å². The van der Waals surface area contributed by atoms with Gasteiger partial charge in [-0.2, -0.15) is 0 Å². The highest BCUT2D eigenvalue weighted by Crippen LogP contribution is 2.27. The second kappa shape index (κ2) is 11.3. The zero-order valence-electron chi connectivity index (χ0n) is 18.6. The van der Waals surface area contributed by atoms with E-state index in [4.69, 9.17) is 27.6 Å². The third-order valence-corrected chi connectivity index (χ3v) is 6.26. The van der Waals surface area contributed by atoms with Gasteiger partial charge >= 0.3 is 0 Å². The molecule has 2 aromatic carbocycles. The second-order valence-corrected chi connectivity index (χ2v) is 8.72. The molecule has 4 rings (SSSR count). The van der Waals surface area contributed by atoms with Gasteiger partial charge in [0.15, 0.2) is 5.69 Å². The molecule has 0 fully saturated rings. The van der Waals surface area contributed by atoms with Gasteiger partial charge in [0.25, 0.3) is 5.91 Å². The van der Waals surface area contributed by atoms with E-state index in [1.165, 1.54) is 6.26 Å². The largest absolute Gasteiger partial charge is 0.447 e. The fourth-order valence-electron chi connectivity index (χ4n) is 3.58. The third kappa shape index (κ3) is 6.23. The summed E-state index contributed by atoms with van der Waals surface area (Å²) < 4.78 is 5.66. The first-order valence-electron chi connectivity index (χ1n) is 10.8. The maximum atomic E-state index is 12.5. The fourth-order valence-corrected chi connectivity index (χ4v) is 3.90. The summed E-state index contributed by atoms with van der Waals surface area (Å²) in [6.07, 6.45) is 4.76. The molecule has 0 aliphatic rings. The SMILES string of the molecule is CC(c1ccccc1)N(Cc1ccc(Cl)c(Cl)c1)Cc1nc(C(=O)NCc2ccncc2)co1. The minimum Gasteiger partial charge on any atom is -0.447 e. The topological polar surface area (TPSA) is 71.3 Å². The highest BCUT2D eigenvalue weighted by atomic mass is 35.5. The Morgan fingerprint density at radius 3 is 2.50 bits per heavy atom. The van der Waals surface area contributed by atoms with Gasteiger partial charge in [-0.15, -0.1) is 0 Å². The Morgan fingerprint density at radius 1 is 1.00 bits per heavy atom. The van der Waals surface area contributed by atoms with Gasteiger partial charge in [-0.1, -0.05) is 59.6 Å². The van der Waals surface area contributed by atoms with Gasteiger partial charge in [0.2, 0.25) is 5.89 Å². The average Bonchev–Trinajstić information content (AvgIpc) is 3.34. The monoisotopic (exact) mass is 494 g/mol. The Hall–Kier alpha value is -3.19. The van der Waals surface area contributed by atoms with E-state index in [1.54, 1.807) is 18.5 Å². The average molecular weight is 495 g/mol. The van der Waals surface area contributed by atoms with E-state index in [9.17, 15) is 4.79 Å². The maximum Gasteiger partial charge on any atom is 0.273 e. The number of nitrogens with zero attached hydrogens (tertiary/aromatic N) is 3. The number of carbonyl (C=O) groups excluding carboxylic acids is 1. The van der Waals surface area contributed by atoms with Crippen LogP contribution < -0.4 is 5.32 Å². The van der Waals surface area contributed by atoms with Crippen LogP contribution in [0.25, 0.3) is 0 Å². The minimum absolute atomic E-state index is 0.0616. The van der Waals surface area contributed by atoms with Gasteiger partial charge in [0.1, 0.15) is 6.26 Å². The summed E-state index contributed by atoms with van der Waals surface area (Å²) in [5, 5.41) is 3.88. The summed E-state index contributed by atoms with van der Waals surface area (Å²) in [6, 6.07) is 19.5. The van der Waals surface area contributed by atoms with Crippen molar-refractivity contribution in [3.8, 4) is 0 Å². The van der Waals surface area contributed by atoms with Crippen molar-refractivity contribution in [1.82, 2.24) is 20.2 Å². The van der Waals surface area contributed by atoms with Crippen LogP contribution in [0.3, 0.4) is 0 Å². The van der Waals surface area contributed by atoms with Gasteiger partial charge in [-0.25, -0.2) is 4.98 Å². The number of benzene rings is 2. The van der Waals surface area contributed by atoms with Crippen molar-refractivity contribution < 1.29 is 9.21 Å². The van der Waals surface area contributed by atoms with Gasteiger partial charge in [0.05, 0.1) is 16.6 Å². The van der Waals surface area contributed by atoms with Crippen molar-refractivity contribution in [1.29, 1.82) is 0 Å². The van der Waals surface area contributed by atoms with Gasteiger partial charge in [-0.05, 0) is 47.9 Å². The van der Waals surface area contributed by atoms with Crippen molar-refractivity contribution in [2.24, 2.45) is 0 Å². The molecular formula is C26H24Cl2N4O2. The molecule has 0 radical (unpaired) electrons. The lowest BCUT2D eigenvalue weighted by atomic mass is 10.1. The number of halogens is 2. The first-order chi connectivity index (χ1) is 16.5. The molecule has 4 aromatic rings. The number of hydrogen-bond donors (Lipinski definition) is 1. The zero-order valence-corrected chi connectivity index (χ0v) is 20.1. The van der Waals surface area contributed by atoms with Crippen LogP contribution >= 0.6 is 23.2 Å². The van der Waals surface area contributed by atoms with Crippen LogP contribution in [-0.4, -0.2) is 20.8 Å². The maximum absolute atomic E-state index is 12.5. The Kier molecular flexibility index (Phi) is 7.95. The molecule has 8 heteroatoms. The number of rotatable bonds is 9. The fraction of sp³-hybridized carbons (Fsp3) is 0.192. The van der Waals surface area contributed by atoms with E-state index in [-0.39, 0.29) is 17.6 Å². The molecule has 1 atom stereocenters. The summed E-state index contributed by atoms with van der Waals surface area (Å²) >= 11 is 12.3. The third-order valence-electron chi connectivity index (χ3n) is 5.52. The molecule has 1 N–H and O–H groups in total. The first-order valence-corrected chi connectivity index (χ1v) is 11.6. The minimum atomic E-state index is -0.293. The molecule has 2 heterocycles. The smallest absolute Gasteiger partial charge is 0.273 e. The van der Waals surface area contributed by atoms with Crippen molar-refractivity contribution in [3.63, 3.8) is 0 Å². The normalized spacial score (nSPS) is 12.0. The molecule has 2 aromatic heterocycles. The van der Waals surface area contributed by atoms with Crippen LogP contribution in [0.2, 0.25) is 10.0 Å². The van der Waals surface area contributed by atoms with Gasteiger partial charge in [-0.3, -0.25) is 14.7 Å². The number of aromatic nitrogens is 2. The lowest BCUT2D eigenvalue weighted by Gasteiger charge is -2.28. The first kappa shape index (κ1) is 24.0. The second-order valence-electron chi connectivity index (χ2n) is 7.90. The Bertz CT molecular complexity index is 1230. The Labute approximate surface area is 208 Å². The van der Waals surface area contributed by atoms with Crippen LogP contribution in [-0.2, 0) is 19.6 Å². The summed E-state index contributed by atoms with van der Waals surface area (Å²) in [6.45, 7) is 3.52. The standard InChI is InChI=1S/C26H24Cl2N4O2/c1-18(21-5-3-2-4-6-21)32(15-20-7-8-22(27)23(28)13-20)16-25-31-24(17-34-25)26(33)30-14-19-9-11-29-12-10-19/h2-13,17-18H,14-16H2,1H3,(H,30,33).